The molecule has 4 rings (SSSR count). The maximum Gasteiger partial charge on any atom is 0.253 e. The van der Waals surface area contributed by atoms with E-state index in [-0.39, 0.29) is 12.0 Å². The van der Waals surface area contributed by atoms with Crippen molar-refractivity contribution in [1.82, 2.24) is 20.0 Å². The molecule has 2 aliphatic rings. The molecule has 0 N–H and O–H groups in total. The molecule has 7 nitrogen and oxygen atoms in total. The van der Waals surface area contributed by atoms with Crippen LogP contribution in [0, 0.1) is 0 Å². The summed E-state index contributed by atoms with van der Waals surface area (Å²) in [5.41, 5.74) is 2.79. The van der Waals surface area contributed by atoms with E-state index in [4.69, 9.17) is 9.47 Å². The second-order valence-electron chi connectivity index (χ2n) is 7.09. The van der Waals surface area contributed by atoms with Crippen LogP contribution in [0.15, 0.2) is 30.3 Å². The van der Waals surface area contributed by atoms with Crippen molar-refractivity contribution >= 4 is 5.91 Å². The Morgan fingerprint density at radius 1 is 1.19 bits per heavy atom. The lowest BCUT2D eigenvalue weighted by atomic mass is 10.1. The van der Waals surface area contributed by atoms with Gasteiger partial charge in [0.25, 0.3) is 5.91 Å². The number of methoxy groups -OCH3 is 1. The average Bonchev–Trinajstić information content (AvgIpc) is 3.08. The molecule has 1 saturated heterocycles. The lowest BCUT2D eigenvalue weighted by Crippen LogP contribution is -2.48. The van der Waals surface area contributed by atoms with Crippen LogP contribution in [0.25, 0.3) is 0 Å². The number of fused-ring (bicyclic) bond motifs is 1. The predicted molar refractivity (Wildman–Crippen MR) is 100 cm³/mol. The van der Waals surface area contributed by atoms with E-state index in [2.05, 4.69) is 15.1 Å². The van der Waals surface area contributed by atoms with E-state index in [1.807, 2.05) is 42.2 Å². The van der Waals surface area contributed by atoms with Gasteiger partial charge in [-0.15, -0.1) is 5.10 Å². The van der Waals surface area contributed by atoms with E-state index < -0.39 is 0 Å². The predicted octanol–water partition coefficient (Wildman–Crippen LogP) is 1.77. The van der Waals surface area contributed by atoms with Gasteiger partial charge in [0, 0.05) is 50.8 Å². The second-order valence-corrected chi connectivity index (χ2v) is 7.09. The topological polar surface area (TPSA) is 67.8 Å². The largest absolute Gasteiger partial charge is 0.490 e. The van der Waals surface area contributed by atoms with Gasteiger partial charge in [-0.2, -0.15) is 5.10 Å². The lowest BCUT2D eigenvalue weighted by Gasteiger charge is -2.34. The third-order valence-corrected chi connectivity index (χ3v) is 5.09. The van der Waals surface area contributed by atoms with Gasteiger partial charge >= 0.3 is 0 Å². The number of carbonyl (C=O) groups excluding carboxylic acids is 1. The first kappa shape index (κ1) is 17.7. The molecular weight excluding hydrogens is 344 g/mol. The van der Waals surface area contributed by atoms with Crippen LogP contribution in [0.1, 0.15) is 28.5 Å². The zero-order valence-corrected chi connectivity index (χ0v) is 15.7. The van der Waals surface area contributed by atoms with Crippen LogP contribution in [0.4, 0.5) is 0 Å². The summed E-state index contributed by atoms with van der Waals surface area (Å²) < 4.78 is 10.8. The highest BCUT2D eigenvalue weighted by Crippen LogP contribution is 2.29. The third kappa shape index (κ3) is 3.88. The Morgan fingerprint density at radius 2 is 2.00 bits per heavy atom. The first-order chi connectivity index (χ1) is 13.1. The van der Waals surface area contributed by atoms with Crippen molar-refractivity contribution in [3.05, 3.63) is 47.2 Å². The highest BCUT2D eigenvalue weighted by molar-refractivity contribution is 5.94. The zero-order valence-electron chi connectivity index (χ0n) is 15.7. The van der Waals surface area contributed by atoms with E-state index in [1.165, 1.54) is 0 Å². The van der Waals surface area contributed by atoms with Gasteiger partial charge < -0.3 is 14.4 Å². The summed E-state index contributed by atoms with van der Waals surface area (Å²) in [7, 11) is 1.58. The van der Waals surface area contributed by atoms with Gasteiger partial charge in [-0.05, 0) is 36.8 Å². The average molecular weight is 368 g/mol. The number of benzene rings is 1. The minimum atomic E-state index is 0.0984. The molecule has 1 fully saturated rings. The molecule has 3 heterocycles. The highest BCUT2D eigenvalue weighted by atomic mass is 16.5. The first-order valence-corrected chi connectivity index (χ1v) is 9.30. The molecule has 0 saturated carbocycles. The molecule has 1 aromatic carbocycles. The van der Waals surface area contributed by atoms with Gasteiger partial charge in [0.05, 0.1) is 12.8 Å². The molecule has 1 amide bonds. The van der Waals surface area contributed by atoms with Gasteiger partial charge in [-0.1, -0.05) is 0 Å². The van der Waals surface area contributed by atoms with Crippen molar-refractivity contribution < 1.29 is 14.3 Å². The Morgan fingerprint density at radius 3 is 2.70 bits per heavy atom. The van der Waals surface area contributed by atoms with E-state index in [0.29, 0.717) is 19.0 Å². The maximum atomic E-state index is 12.8. The molecule has 7 heteroatoms. The van der Waals surface area contributed by atoms with Crippen LogP contribution in [-0.4, -0.2) is 65.3 Å². The maximum absolute atomic E-state index is 12.8. The number of hydrogen-bond donors (Lipinski definition) is 0. The number of piperazine rings is 1. The van der Waals surface area contributed by atoms with Crippen LogP contribution in [0.3, 0.4) is 0 Å². The van der Waals surface area contributed by atoms with Gasteiger partial charge in [-0.3, -0.25) is 9.69 Å². The quantitative estimate of drug-likeness (QED) is 0.819. The number of hydrogen-bond acceptors (Lipinski definition) is 6. The van der Waals surface area contributed by atoms with Crippen LogP contribution in [0.5, 0.6) is 11.6 Å². The highest BCUT2D eigenvalue weighted by Gasteiger charge is 2.25. The van der Waals surface area contributed by atoms with Gasteiger partial charge in [0.15, 0.2) is 0 Å². The fourth-order valence-corrected chi connectivity index (χ4v) is 3.62. The zero-order chi connectivity index (χ0) is 18.8. The third-order valence-electron chi connectivity index (χ3n) is 5.09. The summed E-state index contributed by atoms with van der Waals surface area (Å²) in [6, 6.07) is 9.53. The molecule has 0 radical (unpaired) electrons. The minimum Gasteiger partial charge on any atom is -0.490 e. The van der Waals surface area contributed by atoms with Gasteiger partial charge in [0.2, 0.25) is 5.88 Å². The summed E-state index contributed by atoms with van der Waals surface area (Å²) in [5, 5.41) is 8.18. The van der Waals surface area contributed by atoms with E-state index >= 15 is 0 Å². The smallest absolute Gasteiger partial charge is 0.253 e. The number of nitrogens with zero attached hydrogens (tertiary/aromatic N) is 4. The number of aromatic nitrogens is 2. The molecular formula is C20H24N4O3. The van der Waals surface area contributed by atoms with E-state index in [9.17, 15) is 4.79 Å². The standard InChI is InChI=1S/C20H24N4O3/c1-14-11-16-12-15(3-5-18(16)27-14)20(25)24-9-7-23(8-10-24)13-17-4-6-19(26-2)22-21-17/h3-6,12,14H,7-11,13H2,1-2H3. The molecule has 1 atom stereocenters. The Balaban J connectivity index is 1.33. The number of rotatable bonds is 4. The van der Waals surface area contributed by atoms with Crippen molar-refractivity contribution in [3.8, 4) is 11.6 Å². The SMILES string of the molecule is COc1ccc(CN2CCN(C(=O)c3ccc4c(c3)CC(C)O4)CC2)nn1. The molecule has 142 valence electrons. The fourth-order valence-electron chi connectivity index (χ4n) is 3.62. The van der Waals surface area contributed by atoms with Crippen LogP contribution in [-0.2, 0) is 13.0 Å². The van der Waals surface area contributed by atoms with E-state index in [1.54, 1.807) is 7.11 Å². The Hall–Kier alpha value is -2.67. The van der Waals surface area contributed by atoms with Crippen molar-refractivity contribution in [2.45, 2.75) is 26.0 Å². The Bertz CT molecular complexity index is 816. The summed E-state index contributed by atoms with van der Waals surface area (Å²) in [6.45, 7) is 5.86. The van der Waals surface area contributed by atoms with Crippen molar-refractivity contribution in [2.75, 3.05) is 33.3 Å². The van der Waals surface area contributed by atoms with Crippen molar-refractivity contribution in [2.24, 2.45) is 0 Å². The van der Waals surface area contributed by atoms with Crippen molar-refractivity contribution in [3.63, 3.8) is 0 Å². The Labute approximate surface area is 158 Å². The monoisotopic (exact) mass is 368 g/mol. The minimum absolute atomic E-state index is 0.0984. The summed E-state index contributed by atoms with van der Waals surface area (Å²) in [5.74, 6) is 1.52. The van der Waals surface area contributed by atoms with Gasteiger partial charge in [0.1, 0.15) is 11.9 Å². The summed E-state index contributed by atoms with van der Waals surface area (Å²) in [6.07, 6.45) is 1.06. The normalized spacial score (nSPS) is 19.5. The van der Waals surface area contributed by atoms with Crippen LogP contribution >= 0.6 is 0 Å². The molecule has 0 aliphatic carbocycles. The van der Waals surface area contributed by atoms with Crippen molar-refractivity contribution in [1.29, 1.82) is 0 Å². The summed E-state index contributed by atoms with van der Waals surface area (Å²) in [4.78, 5) is 17.1. The van der Waals surface area contributed by atoms with Crippen LogP contribution in [0.2, 0.25) is 0 Å². The molecule has 0 spiro atoms. The lowest BCUT2D eigenvalue weighted by molar-refractivity contribution is 0.0626. The summed E-state index contributed by atoms with van der Waals surface area (Å²) >= 11 is 0. The molecule has 2 aromatic rings. The molecule has 0 bridgehead atoms. The molecule has 1 unspecified atom stereocenters. The fraction of sp³-hybridized carbons (Fsp3) is 0.450. The molecule has 27 heavy (non-hydrogen) atoms. The number of carbonyl (C=O) groups is 1. The number of ether oxygens (including phenoxy) is 2. The van der Waals surface area contributed by atoms with Crippen LogP contribution < -0.4 is 9.47 Å². The van der Waals surface area contributed by atoms with E-state index in [0.717, 1.165) is 48.6 Å². The molecule has 1 aromatic heterocycles. The Kier molecular flexibility index (Phi) is 4.94. The van der Waals surface area contributed by atoms with Gasteiger partial charge in [-0.25, -0.2) is 0 Å². The first-order valence-electron chi connectivity index (χ1n) is 9.30. The number of amides is 1. The second kappa shape index (κ2) is 7.52. The molecule has 2 aliphatic heterocycles.